The Bertz CT molecular complexity index is 2890. The lowest BCUT2D eigenvalue weighted by Crippen LogP contribution is -2.11. The van der Waals surface area contributed by atoms with Gasteiger partial charge in [-0.25, -0.2) is 0 Å². The third kappa shape index (κ3) is 5.71. The lowest BCUT2D eigenvalue weighted by atomic mass is 9.96. The molecule has 254 valence electrons. The molecule has 0 bridgehead atoms. The topological polar surface area (TPSA) is 16.4 Å². The van der Waals surface area contributed by atoms with E-state index >= 15 is 0 Å². The van der Waals surface area contributed by atoms with E-state index in [-0.39, 0.29) is 0 Å². The molecular weight excluding hydrogens is 655 g/mol. The average Bonchev–Trinajstić information content (AvgIpc) is 3.61. The van der Waals surface area contributed by atoms with E-state index in [2.05, 4.69) is 205 Å². The maximum absolute atomic E-state index is 6.23. The number of benzene rings is 9. The SMILES string of the molecule is c1ccc(-c2ccc(-c3ccccc3N(c3ccc(-c4ccccc4)cc3)c3ccc(-c4cccc5cc6oc7ccccc7c6cc45)cc3)cc2)cc1. The van der Waals surface area contributed by atoms with Crippen LogP contribution in [0.3, 0.4) is 0 Å². The molecule has 0 saturated carbocycles. The van der Waals surface area contributed by atoms with Crippen LogP contribution in [0.1, 0.15) is 0 Å². The molecule has 0 unspecified atom stereocenters. The van der Waals surface area contributed by atoms with Crippen LogP contribution < -0.4 is 4.90 Å². The molecule has 1 aromatic heterocycles. The fourth-order valence-corrected chi connectivity index (χ4v) is 7.78. The maximum Gasteiger partial charge on any atom is 0.136 e. The highest BCUT2D eigenvalue weighted by atomic mass is 16.3. The zero-order valence-corrected chi connectivity index (χ0v) is 29.6. The molecular formula is C52H35NO. The van der Waals surface area contributed by atoms with E-state index in [1.165, 1.54) is 49.9 Å². The summed E-state index contributed by atoms with van der Waals surface area (Å²) in [6, 6.07) is 75.9. The van der Waals surface area contributed by atoms with Gasteiger partial charge in [0.2, 0.25) is 0 Å². The highest BCUT2D eigenvalue weighted by Gasteiger charge is 2.18. The first kappa shape index (κ1) is 31.6. The van der Waals surface area contributed by atoms with Gasteiger partial charge in [0, 0.05) is 27.7 Å². The Kier molecular flexibility index (Phi) is 7.85. The van der Waals surface area contributed by atoms with Crippen LogP contribution in [0.2, 0.25) is 0 Å². The molecule has 10 rings (SSSR count). The summed E-state index contributed by atoms with van der Waals surface area (Å²) in [5, 5.41) is 4.65. The monoisotopic (exact) mass is 689 g/mol. The number of para-hydroxylation sites is 2. The largest absolute Gasteiger partial charge is 0.456 e. The van der Waals surface area contributed by atoms with Crippen LogP contribution in [-0.2, 0) is 0 Å². The lowest BCUT2D eigenvalue weighted by Gasteiger charge is -2.28. The van der Waals surface area contributed by atoms with Crippen molar-refractivity contribution in [1.82, 2.24) is 0 Å². The van der Waals surface area contributed by atoms with Crippen molar-refractivity contribution in [3.63, 3.8) is 0 Å². The van der Waals surface area contributed by atoms with Gasteiger partial charge in [-0.2, -0.15) is 0 Å². The second-order valence-corrected chi connectivity index (χ2v) is 13.7. The highest BCUT2D eigenvalue weighted by molar-refractivity contribution is 6.12. The smallest absolute Gasteiger partial charge is 0.136 e. The van der Waals surface area contributed by atoms with Crippen molar-refractivity contribution < 1.29 is 4.42 Å². The Hall–Kier alpha value is -7.16. The van der Waals surface area contributed by atoms with Crippen molar-refractivity contribution in [3.8, 4) is 44.5 Å². The minimum absolute atomic E-state index is 0.915. The average molecular weight is 690 g/mol. The van der Waals surface area contributed by atoms with E-state index in [1.807, 2.05) is 12.1 Å². The van der Waals surface area contributed by atoms with E-state index < -0.39 is 0 Å². The van der Waals surface area contributed by atoms with E-state index in [0.717, 1.165) is 44.4 Å². The van der Waals surface area contributed by atoms with Gasteiger partial charge in [0.25, 0.3) is 0 Å². The number of anilines is 3. The Labute approximate surface area is 314 Å². The predicted octanol–water partition coefficient (Wildman–Crippen LogP) is 14.9. The van der Waals surface area contributed by atoms with Gasteiger partial charge in [-0.1, -0.05) is 164 Å². The van der Waals surface area contributed by atoms with E-state index in [0.29, 0.717) is 0 Å². The van der Waals surface area contributed by atoms with Crippen LogP contribution in [0, 0.1) is 0 Å². The molecule has 0 aliphatic carbocycles. The zero-order valence-electron chi connectivity index (χ0n) is 29.6. The van der Waals surface area contributed by atoms with Crippen molar-refractivity contribution >= 4 is 49.8 Å². The summed E-state index contributed by atoms with van der Waals surface area (Å²) in [4.78, 5) is 2.38. The summed E-state index contributed by atoms with van der Waals surface area (Å²) in [7, 11) is 0. The van der Waals surface area contributed by atoms with Gasteiger partial charge in [-0.3, -0.25) is 0 Å². The summed E-state index contributed by atoms with van der Waals surface area (Å²) >= 11 is 0. The molecule has 0 N–H and O–H groups in total. The van der Waals surface area contributed by atoms with Gasteiger partial charge in [-0.15, -0.1) is 0 Å². The Morgan fingerprint density at radius 2 is 0.796 bits per heavy atom. The third-order valence-corrected chi connectivity index (χ3v) is 10.5. The van der Waals surface area contributed by atoms with E-state index in [4.69, 9.17) is 4.42 Å². The van der Waals surface area contributed by atoms with Crippen molar-refractivity contribution in [2.75, 3.05) is 4.90 Å². The first-order valence-electron chi connectivity index (χ1n) is 18.4. The molecule has 0 aliphatic heterocycles. The number of nitrogens with zero attached hydrogens (tertiary/aromatic N) is 1. The van der Waals surface area contributed by atoms with Crippen molar-refractivity contribution in [2.45, 2.75) is 0 Å². The third-order valence-electron chi connectivity index (χ3n) is 10.5. The van der Waals surface area contributed by atoms with Gasteiger partial charge in [0.05, 0.1) is 5.69 Å². The molecule has 0 amide bonds. The highest BCUT2D eigenvalue weighted by Crippen LogP contribution is 2.43. The maximum atomic E-state index is 6.23. The number of rotatable bonds is 7. The van der Waals surface area contributed by atoms with Crippen molar-refractivity contribution in [2.24, 2.45) is 0 Å². The minimum atomic E-state index is 0.915. The second kappa shape index (κ2) is 13.4. The second-order valence-electron chi connectivity index (χ2n) is 13.7. The molecule has 0 atom stereocenters. The molecule has 54 heavy (non-hydrogen) atoms. The normalized spacial score (nSPS) is 11.3. The molecule has 0 radical (unpaired) electrons. The Morgan fingerprint density at radius 1 is 0.296 bits per heavy atom. The summed E-state index contributed by atoms with van der Waals surface area (Å²) in [5.74, 6) is 0. The number of fused-ring (bicyclic) bond motifs is 4. The minimum Gasteiger partial charge on any atom is -0.456 e. The van der Waals surface area contributed by atoms with E-state index in [1.54, 1.807) is 0 Å². The summed E-state index contributed by atoms with van der Waals surface area (Å²) in [6.45, 7) is 0. The van der Waals surface area contributed by atoms with Crippen LogP contribution >= 0.6 is 0 Å². The fraction of sp³-hybridized carbons (Fsp3) is 0. The quantitative estimate of drug-likeness (QED) is 0.166. The molecule has 9 aromatic carbocycles. The Balaban J connectivity index is 1.08. The van der Waals surface area contributed by atoms with Gasteiger partial charge < -0.3 is 9.32 Å². The predicted molar refractivity (Wildman–Crippen MR) is 228 cm³/mol. The molecule has 1 heterocycles. The molecule has 10 aromatic rings. The van der Waals surface area contributed by atoms with Gasteiger partial charge >= 0.3 is 0 Å². The van der Waals surface area contributed by atoms with Crippen LogP contribution in [0.4, 0.5) is 17.1 Å². The molecule has 0 aliphatic rings. The number of hydrogen-bond donors (Lipinski definition) is 0. The Morgan fingerprint density at radius 3 is 1.48 bits per heavy atom. The van der Waals surface area contributed by atoms with Crippen LogP contribution in [0.15, 0.2) is 217 Å². The first-order valence-corrected chi connectivity index (χ1v) is 18.4. The van der Waals surface area contributed by atoms with Gasteiger partial charge in [-0.05, 0) is 98.2 Å². The summed E-state index contributed by atoms with van der Waals surface area (Å²) in [5.41, 5.74) is 14.6. The standard InChI is InChI=1S/C52H35NO/c1-3-12-36(13-4-1)38-22-24-41(25-23-38)46-17-7-9-20-50(46)53(43-30-26-39(27-31-43)37-14-5-2-6-15-37)44-32-28-40(29-33-44)45-19-11-16-42-34-52-49(35-48(42)45)47-18-8-10-21-51(47)54-52/h1-35H. The molecule has 2 heteroatoms. The first-order chi connectivity index (χ1) is 26.8. The molecule has 0 spiro atoms. The summed E-state index contributed by atoms with van der Waals surface area (Å²) in [6.07, 6.45) is 0. The van der Waals surface area contributed by atoms with Crippen LogP contribution in [0.5, 0.6) is 0 Å². The van der Waals surface area contributed by atoms with E-state index in [9.17, 15) is 0 Å². The zero-order chi connectivity index (χ0) is 35.8. The molecule has 2 nitrogen and oxygen atoms in total. The number of hydrogen-bond acceptors (Lipinski definition) is 2. The fourth-order valence-electron chi connectivity index (χ4n) is 7.78. The molecule has 0 saturated heterocycles. The summed E-state index contributed by atoms with van der Waals surface area (Å²) < 4.78 is 6.23. The van der Waals surface area contributed by atoms with Crippen molar-refractivity contribution in [1.29, 1.82) is 0 Å². The van der Waals surface area contributed by atoms with Gasteiger partial charge in [0.1, 0.15) is 11.2 Å². The molecule has 0 fully saturated rings. The lowest BCUT2D eigenvalue weighted by molar-refractivity contribution is 0.669. The van der Waals surface area contributed by atoms with Crippen LogP contribution in [0.25, 0.3) is 77.2 Å². The van der Waals surface area contributed by atoms with Crippen molar-refractivity contribution in [3.05, 3.63) is 212 Å². The van der Waals surface area contributed by atoms with Crippen LogP contribution in [-0.4, -0.2) is 0 Å². The number of furan rings is 1. The van der Waals surface area contributed by atoms with Gasteiger partial charge in [0.15, 0.2) is 0 Å².